The fourth-order valence-electron chi connectivity index (χ4n) is 2.81. The molecule has 5 nitrogen and oxygen atoms in total. The van der Waals surface area contributed by atoms with E-state index in [0.29, 0.717) is 13.0 Å². The van der Waals surface area contributed by atoms with E-state index in [2.05, 4.69) is 4.90 Å². The fourth-order valence-corrected chi connectivity index (χ4v) is 2.81. The van der Waals surface area contributed by atoms with E-state index in [0.717, 1.165) is 32.4 Å². The van der Waals surface area contributed by atoms with Crippen LogP contribution in [0.1, 0.15) is 32.6 Å². The third-order valence-corrected chi connectivity index (χ3v) is 3.87. The Morgan fingerprint density at radius 2 is 1.82 bits per heavy atom. The van der Waals surface area contributed by atoms with E-state index in [-0.39, 0.29) is 11.9 Å². The first-order valence-electron chi connectivity index (χ1n) is 6.38. The van der Waals surface area contributed by atoms with Crippen molar-refractivity contribution >= 4 is 11.9 Å². The zero-order valence-electron chi connectivity index (χ0n) is 10.3. The van der Waals surface area contributed by atoms with Crippen molar-refractivity contribution in [2.45, 2.75) is 44.7 Å². The number of carboxylic acids is 1. The van der Waals surface area contributed by atoms with Crippen LogP contribution in [0.25, 0.3) is 0 Å². The maximum Gasteiger partial charge on any atom is 0.326 e. The van der Waals surface area contributed by atoms with Gasteiger partial charge in [-0.1, -0.05) is 0 Å². The largest absolute Gasteiger partial charge is 0.480 e. The van der Waals surface area contributed by atoms with Crippen molar-refractivity contribution in [1.29, 1.82) is 0 Å². The van der Waals surface area contributed by atoms with Crippen molar-refractivity contribution in [3.8, 4) is 0 Å². The van der Waals surface area contributed by atoms with Gasteiger partial charge in [-0.3, -0.25) is 9.69 Å². The lowest BCUT2D eigenvalue weighted by atomic mass is 10.2. The first kappa shape index (κ1) is 12.4. The molecular weight excluding hydrogens is 220 g/mol. The van der Waals surface area contributed by atoms with Crippen molar-refractivity contribution < 1.29 is 14.7 Å². The standard InChI is InChI=1S/C12H20N2O3/c1-9(13-6-2-3-7-13)11(15)14-8-4-5-10(14)12(16)17/h9-10H,2-8H2,1H3,(H,16,17). The van der Waals surface area contributed by atoms with Crippen molar-refractivity contribution in [2.24, 2.45) is 0 Å². The number of amides is 1. The number of hydrogen-bond acceptors (Lipinski definition) is 3. The van der Waals surface area contributed by atoms with E-state index in [1.54, 1.807) is 4.90 Å². The molecule has 96 valence electrons. The second-order valence-corrected chi connectivity index (χ2v) is 4.95. The van der Waals surface area contributed by atoms with E-state index in [1.807, 2.05) is 6.92 Å². The molecule has 2 rings (SSSR count). The van der Waals surface area contributed by atoms with Gasteiger partial charge in [-0.25, -0.2) is 4.79 Å². The summed E-state index contributed by atoms with van der Waals surface area (Å²) in [7, 11) is 0. The molecule has 0 aliphatic carbocycles. The second-order valence-electron chi connectivity index (χ2n) is 4.95. The van der Waals surface area contributed by atoms with Crippen LogP contribution in [0.5, 0.6) is 0 Å². The highest BCUT2D eigenvalue weighted by molar-refractivity contribution is 5.87. The Morgan fingerprint density at radius 1 is 1.18 bits per heavy atom. The van der Waals surface area contributed by atoms with Gasteiger partial charge in [-0.15, -0.1) is 0 Å². The van der Waals surface area contributed by atoms with Crippen LogP contribution in [0.2, 0.25) is 0 Å². The minimum absolute atomic E-state index is 0.0169. The second kappa shape index (κ2) is 5.04. The summed E-state index contributed by atoms with van der Waals surface area (Å²) in [5, 5.41) is 9.07. The van der Waals surface area contributed by atoms with Crippen LogP contribution in [-0.4, -0.2) is 58.5 Å². The molecule has 0 saturated carbocycles. The summed E-state index contributed by atoms with van der Waals surface area (Å²) in [6.45, 7) is 4.40. The Labute approximate surface area is 101 Å². The Morgan fingerprint density at radius 3 is 2.41 bits per heavy atom. The summed E-state index contributed by atoms with van der Waals surface area (Å²) < 4.78 is 0. The normalized spacial score (nSPS) is 27.4. The van der Waals surface area contributed by atoms with Gasteiger partial charge in [0, 0.05) is 6.54 Å². The zero-order chi connectivity index (χ0) is 12.4. The van der Waals surface area contributed by atoms with Crippen LogP contribution in [0.15, 0.2) is 0 Å². The number of rotatable bonds is 3. The fraction of sp³-hybridized carbons (Fsp3) is 0.833. The molecule has 2 unspecified atom stereocenters. The molecule has 0 aromatic rings. The van der Waals surface area contributed by atoms with Crippen molar-refractivity contribution in [1.82, 2.24) is 9.80 Å². The zero-order valence-corrected chi connectivity index (χ0v) is 10.3. The van der Waals surface area contributed by atoms with Crippen LogP contribution < -0.4 is 0 Å². The Balaban J connectivity index is 2.00. The molecule has 2 heterocycles. The predicted octanol–water partition coefficient (Wildman–Crippen LogP) is 0.546. The van der Waals surface area contributed by atoms with E-state index in [1.165, 1.54) is 0 Å². The highest BCUT2D eigenvalue weighted by Crippen LogP contribution is 2.21. The molecule has 2 fully saturated rings. The van der Waals surface area contributed by atoms with Crippen LogP contribution in [-0.2, 0) is 9.59 Å². The van der Waals surface area contributed by atoms with Gasteiger partial charge in [0.2, 0.25) is 5.91 Å². The molecule has 1 N–H and O–H groups in total. The molecule has 2 atom stereocenters. The summed E-state index contributed by atoms with van der Waals surface area (Å²) in [6, 6.07) is -0.773. The van der Waals surface area contributed by atoms with Crippen LogP contribution in [0, 0.1) is 0 Å². The summed E-state index contributed by atoms with van der Waals surface area (Å²) in [5.41, 5.74) is 0. The quantitative estimate of drug-likeness (QED) is 0.782. The molecule has 2 aliphatic rings. The molecule has 0 radical (unpaired) electrons. The molecule has 0 aromatic heterocycles. The minimum Gasteiger partial charge on any atom is -0.480 e. The van der Waals surface area contributed by atoms with Gasteiger partial charge < -0.3 is 10.0 Å². The summed E-state index contributed by atoms with van der Waals surface area (Å²) in [5.74, 6) is -0.888. The molecule has 5 heteroatoms. The molecule has 2 aliphatic heterocycles. The monoisotopic (exact) mass is 240 g/mol. The Hall–Kier alpha value is -1.10. The predicted molar refractivity (Wildman–Crippen MR) is 62.6 cm³/mol. The van der Waals surface area contributed by atoms with Gasteiger partial charge in [0.25, 0.3) is 0 Å². The number of aliphatic carboxylic acids is 1. The third-order valence-electron chi connectivity index (χ3n) is 3.87. The smallest absolute Gasteiger partial charge is 0.326 e. The van der Waals surface area contributed by atoms with Gasteiger partial charge in [-0.05, 0) is 45.7 Å². The number of carbonyl (C=O) groups excluding carboxylic acids is 1. The number of hydrogen-bond donors (Lipinski definition) is 1. The number of likely N-dealkylation sites (tertiary alicyclic amines) is 2. The van der Waals surface area contributed by atoms with E-state index >= 15 is 0 Å². The van der Waals surface area contributed by atoms with Crippen LogP contribution in [0.3, 0.4) is 0 Å². The van der Waals surface area contributed by atoms with Gasteiger partial charge in [0.05, 0.1) is 6.04 Å². The maximum absolute atomic E-state index is 12.3. The molecule has 0 bridgehead atoms. The highest BCUT2D eigenvalue weighted by atomic mass is 16.4. The van der Waals surface area contributed by atoms with Crippen LogP contribution in [0.4, 0.5) is 0 Å². The van der Waals surface area contributed by atoms with Gasteiger partial charge >= 0.3 is 5.97 Å². The molecule has 2 saturated heterocycles. The SMILES string of the molecule is CC(C(=O)N1CCCC1C(=O)O)N1CCCC1. The third kappa shape index (κ3) is 2.44. The topological polar surface area (TPSA) is 60.9 Å². The lowest BCUT2D eigenvalue weighted by Gasteiger charge is -2.29. The maximum atomic E-state index is 12.3. The van der Waals surface area contributed by atoms with Gasteiger partial charge in [-0.2, -0.15) is 0 Å². The van der Waals surface area contributed by atoms with E-state index < -0.39 is 12.0 Å². The van der Waals surface area contributed by atoms with E-state index in [4.69, 9.17) is 5.11 Å². The number of nitrogens with zero attached hydrogens (tertiary/aromatic N) is 2. The highest BCUT2D eigenvalue weighted by Gasteiger charge is 2.37. The molecule has 1 amide bonds. The minimum atomic E-state index is -0.871. The van der Waals surface area contributed by atoms with Gasteiger partial charge in [0.1, 0.15) is 6.04 Å². The first-order valence-corrected chi connectivity index (χ1v) is 6.38. The number of carbonyl (C=O) groups is 2. The molecule has 0 spiro atoms. The summed E-state index contributed by atoms with van der Waals surface area (Å²) in [6.07, 6.45) is 3.67. The van der Waals surface area contributed by atoms with Crippen molar-refractivity contribution in [3.05, 3.63) is 0 Å². The van der Waals surface area contributed by atoms with E-state index in [9.17, 15) is 9.59 Å². The average molecular weight is 240 g/mol. The average Bonchev–Trinajstić information content (AvgIpc) is 2.97. The first-order chi connectivity index (χ1) is 8.11. The molecular formula is C12H20N2O3. The molecule has 17 heavy (non-hydrogen) atoms. The van der Waals surface area contributed by atoms with Crippen molar-refractivity contribution in [2.75, 3.05) is 19.6 Å². The van der Waals surface area contributed by atoms with Crippen LogP contribution >= 0.6 is 0 Å². The molecule has 0 aromatic carbocycles. The number of carboxylic acid groups (broad SMARTS) is 1. The lowest BCUT2D eigenvalue weighted by molar-refractivity contribution is -0.150. The summed E-state index contributed by atoms with van der Waals surface area (Å²) in [4.78, 5) is 27.0. The van der Waals surface area contributed by atoms with Crippen molar-refractivity contribution in [3.63, 3.8) is 0 Å². The van der Waals surface area contributed by atoms with Gasteiger partial charge in [0.15, 0.2) is 0 Å². The lowest BCUT2D eigenvalue weighted by Crippen LogP contribution is -2.49. The summed E-state index contributed by atoms with van der Waals surface area (Å²) >= 11 is 0. The Kier molecular flexibility index (Phi) is 3.66. The Bertz CT molecular complexity index is 313.